The highest BCUT2D eigenvalue weighted by Crippen LogP contribution is 2.30. The fraction of sp³-hybridized carbons (Fsp3) is 0.333. The summed E-state index contributed by atoms with van der Waals surface area (Å²) in [5.41, 5.74) is 1.08. The van der Waals surface area contributed by atoms with Crippen LogP contribution in [0.4, 0.5) is 5.69 Å². The van der Waals surface area contributed by atoms with Crippen molar-refractivity contribution in [3.8, 4) is 11.8 Å². The van der Waals surface area contributed by atoms with E-state index < -0.39 is 5.25 Å². The summed E-state index contributed by atoms with van der Waals surface area (Å²) in [5.74, 6) is 1.09. The summed E-state index contributed by atoms with van der Waals surface area (Å²) in [7, 11) is 0. The number of thioether (sulfide) groups is 1. The molecule has 1 aromatic heterocycles. The maximum absolute atomic E-state index is 12.8. The van der Waals surface area contributed by atoms with E-state index in [1.54, 1.807) is 30.3 Å². The summed E-state index contributed by atoms with van der Waals surface area (Å²) >= 11 is 7.55. The Morgan fingerprint density at radius 3 is 2.67 bits per heavy atom. The molecular formula is C24H26ClN5O2S. The lowest BCUT2D eigenvalue weighted by Gasteiger charge is -2.20. The van der Waals surface area contributed by atoms with E-state index in [0.29, 0.717) is 33.0 Å². The van der Waals surface area contributed by atoms with Gasteiger partial charge in [0.25, 0.3) is 0 Å². The molecule has 0 radical (unpaired) electrons. The number of ether oxygens (including phenoxy) is 1. The minimum absolute atomic E-state index is 0.176. The molecule has 3 aromatic rings. The van der Waals surface area contributed by atoms with Gasteiger partial charge in [-0.2, -0.15) is 5.26 Å². The Morgan fingerprint density at radius 1 is 1.21 bits per heavy atom. The first-order valence-electron chi connectivity index (χ1n) is 10.8. The van der Waals surface area contributed by atoms with Gasteiger partial charge in [-0.05, 0) is 50.1 Å². The van der Waals surface area contributed by atoms with Crippen LogP contribution in [0.1, 0.15) is 51.0 Å². The number of anilines is 1. The number of nitrogens with one attached hydrogen (secondary N) is 1. The van der Waals surface area contributed by atoms with Gasteiger partial charge in [-0.25, -0.2) is 0 Å². The first-order chi connectivity index (χ1) is 16.0. The summed E-state index contributed by atoms with van der Waals surface area (Å²) < 4.78 is 7.96. The number of halogens is 1. The van der Waals surface area contributed by atoms with Gasteiger partial charge in [0.15, 0.2) is 11.0 Å². The molecule has 0 fully saturated rings. The van der Waals surface area contributed by atoms with Gasteiger partial charge in [0, 0.05) is 11.7 Å². The van der Waals surface area contributed by atoms with E-state index in [4.69, 9.17) is 21.6 Å². The smallest absolute Gasteiger partial charge is 0.237 e. The highest BCUT2D eigenvalue weighted by Gasteiger charge is 2.24. The number of nitrogens with zero attached hydrogens (tertiary/aromatic N) is 4. The predicted octanol–water partition coefficient (Wildman–Crippen LogP) is 5.86. The third-order valence-electron chi connectivity index (χ3n) is 5.15. The molecule has 2 aromatic carbocycles. The SMILES string of the molecule is CCC(CC)n1c(COc2ccccc2Cl)nnc1SC(C)C(=O)Nc1cccc(C#N)c1. The number of hydrogen-bond donors (Lipinski definition) is 1. The van der Waals surface area contributed by atoms with E-state index >= 15 is 0 Å². The summed E-state index contributed by atoms with van der Waals surface area (Å²) in [6, 6.07) is 16.4. The third-order valence-corrected chi connectivity index (χ3v) is 6.52. The number of rotatable bonds is 10. The first kappa shape index (κ1) is 24.6. The Hall–Kier alpha value is -3.02. The lowest BCUT2D eigenvalue weighted by Crippen LogP contribution is -2.23. The van der Waals surface area contributed by atoms with Crippen LogP contribution in [-0.2, 0) is 11.4 Å². The molecule has 0 saturated carbocycles. The highest BCUT2D eigenvalue weighted by atomic mass is 35.5. The van der Waals surface area contributed by atoms with E-state index in [-0.39, 0.29) is 18.6 Å². The van der Waals surface area contributed by atoms with Crippen LogP contribution in [0.5, 0.6) is 5.75 Å². The average molecular weight is 484 g/mol. The van der Waals surface area contributed by atoms with Gasteiger partial charge in [0.2, 0.25) is 5.91 Å². The highest BCUT2D eigenvalue weighted by molar-refractivity contribution is 8.00. The minimum atomic E-state index is -0.426. The van der Waals surface area contributed by atoms with E-state index in [1.165, 1.54) is 11.8 Å². The molecule has 0 bridgehead atoms. The molecule has 0 saturated heterocycles. The molecule has 0 spiro atoms. The normalized spacial score (nSPS) is 11.8. The molecule has 0 aliphatic rings. The van der Waals surface area contributed by atoms with Crippen LogP contribution < -0.4 is 10.1 Å². The first-order valence-corrected chi connectivity index (χ1v) is 12.0. The molecule has 0 aliphatic carbocycles. The van der Waals surface area contributed by atoms with Crippen molar-refractivity contribution >= 4 is 35.0 Å². The van der Waals surface area contributed by atoms with E-state index in [2.05, 4.69) is 40.0 Å². The standard InChI is InChI=1S/C24H26ClN5O2S/c1-4-19(5-2)30-22(15-32-21-12-7-6-11-20(21)25)28-29-24(30)33-16(3)23(31)27-18-10-8-9-17(13-18)14-26/h6-13,16,19H,4-5,15H2,1-3H3,(H,27,31). The van der Waals surface area contributed by atoms with Crippen LogP contribution in [0, 0.1) is 11.3 Å². The maximum atomic E-state index is 12.8. The van der Waals surface area contributed by atoms with Crippen LogP contribution >= 0.6 is 23.4 Å². The van der Waals surface area contributed by atoms with Gasteiger partial charge in [0.05, 0.1) is 21.9 Å². The van der Waals surface area contributed by atoms with Crippen molar-refractivity contribution < 1.29 is 9.53 Å². The fourth-order valence-electron chi connectivity index (χ4n) is 3.33. The van der Waals surface area contributed by atoms with Gasteiger partial charge in [0.1, 0.15) is 12.4 Å². The lowest BCUT2D eigenvalue weighted by atomic mass is 10.2. The monoisotopic (exact) mass is 483 g/mol. The number of para-hydroxylation sites is 1. The average Bonchev–Trinajstić information content (AvgIpc) is 3.21. The Bertz CT molecular complexity index is 1140. The van der Waals surface area contributed by atoms with Crippen molar-refractivity contribution in [1.29, 1.82) is 5.26 Å². The quantitative estimate of drug-likeness (QED) is 0.363. The summed E-state index contributed by atoms with van der Waals surface area (Å²) in [6.45, 7) is 6.26. The van der Waals surface area contributed by atoms with Crippen molar-refractivity contribution in [2.24, 2.45) is 0 Å². The van der Waals surface area contributed by atoms with Crippen molar-refractivity contribution in [1.82, 2.24) is 14.8 Å². The number of carbonyl (C=O) groups is 1. The lowest BCUT2D eigenvalue weighted by molar-refractivity contribution is -0.115. The number of hydrogen-bond acceptors (Lipinski definition) is 6. The Balaban J connectivity index is 1.76. The van der Waals surface area contributed by atoms with Crippen molar-refractivity contribution in [3.63, 3.8) is 0 Å². The minimum Gasteiger partial charge on any atom is -0.484 e. The molecule has 7 nitrogen and oxygen atoms in total. The Kier molecular flexibility index (Phi) is 8.75. The Labute approximate surface area is 203 Å². The zero-order chi connectivity index (χ0) is 23.8. The van der Waals surface area contributed by atoms with Crippen LogP contribution in [0.3, 0.4) is 0 Å². The van der Waals surface area contributed by atoms with Gasteiger partial charge < -0.3 is 14.6 Å². The molecule has 1 atom stereocenters. The maximum Gasteiger partial charge on any atom is 0.237 e. The van der Waals surface area contributed by atoms with Crippen molar-refractivity contribution in [3.05, 3.63) is 64.9 Å². The predicted molar refractivity (Wildman–Crippen MR) is 131 cm³/mol. The molecule has 1 heterocycles. The Morgan fingerprint density at radius 2 is 1.97 bits per heavy atom. The summed E-state index contributed by atoms with van der Waals surface area (Å²) in [4.78, 5) is 12.8. The molecule has 1 N–H and O–H groups in total. The zero-order valence-corrected chi connectivity index (χ0v) is 20.4. The second-order valence-electron chi connectivity index (χ2n) is 7.40. The van der Waals surface area contributed by atoms with Gasteiger partial charge in [-0.15, -0.1) is 10.2 Å². The molecule has 1 amide bonds. The van der Waals surface area contributed by atoms with Crippen LogP contribution in [0.2, 0.25) is 5.02 Å². The van der Waals surface area contributed by atoms with Crippen molar-refractivity contribution in [2.75, 3.05) is 5.32 Å². The number of nitriles is 1. The fourth-order valence-corrected chi connectivity index (χ4v) is 4.46. The largest absolute Gasteiger partial charge is 0.484 e. The molecule has 3 rings (SSSR count). The van der Waals surface area contributed by atoms with E-state index in [9.17, 15) is 4.79 Å². The number of aromatic nitrogens is 3. The summed E-state index contributed by atoms with van der Waals surface area (Å²) in [5, 5.41) is 21.4. The zero-order valence-electron chi connectivity index (χ0n) is 18.8. The molecular weight excluding hydrogens is 458 g/mol. The number of carbonyl (C=O) groups excluding carboxylic acids is 1. The third kappa shape index (κ3) is 6.28. The van der Waals surface area contributed by atoms with Crippen LogP contribution in [-0.4, -0.2) is 25.9 Å². The van der Waals surface area contributed by atoms with E-state index in [0.717, 1.165) is 12.8 Å². The van der Waals surface area contributed by atoms with Gasteiger partial charge in [-0.1, -0.05) is 55.4 Å². The van der Waals surface area contributed by atoms with E-state index in [1.807, 2.05) is 25.1 Å². The van der Waals surface area contributed by atoms with Crippen LogP contribution in [0.15, 0.2) is 53.7 Å². The van der Waals surface area contributed by atoms with Gasteiger partial charge >= 0.3 is 0 Å². The molecule has 33 heavy (non-hydrogen) atoms. The molecule has 172 valence electrons. The topological polar surface area (TPSA) is 92.8 Å². The van der Waals surface area contributed by atoms with Crippen molar-refractivity contribution in [2.45, 2.75) is 56.7 Å². The summed E-state index contributed by atoms with van der Waals surface area (Å²) in [6.07, 6.45) is 1.78. The number of benzene rings is 2. The molecule has 1 unspecified atom stereocenters. The van der Waals surface area contributed by atoms with Crippen LogP contribution in [0.25, 0.3) is 0 Å². The van der Waals surface area contributed by atoms with Gasteiger partial charge in [-0.3, -0.25) is 4.79 Å². The molecule has 0 aliphatic heterocycles. The second kappa shape index (κ2) is 11.7. The second-order valence-corrected chi connectivity index (χ2v) is 9.12. The molecule has 9 heteroatoms. The number of amides is 1.